The number of benzene rings is 4. The van der Waals surface area contributed by atoms with Crippen LogP contribution in [0.3, 0.4) is 0 Å². The van der Waals surface area contributed by atoms with Crippen molar-refractivity contribution in [3.8, 4) is 44.8 Å². The van der Waals surface area contributed by atoms with E-state index in [0.29, 0.717) is 5.92 Å². The van der Waals surface area contributed by atoms with Crippen molar-refractivity contribution in [1.29, 1.82) is 0 Å². The van der Waals surface area contributed by atoms with Gasteiger partial charge in [-0.25, -0.2) is 0 Å². The van der Waals surface area contributed by atoms with Gasteiger partial charge in [0.15, 0.2) is 0 Å². The number of hydrogen-bond donors (Lipinski definition) is 0. The molecule has 0 N–H and O–H groups in total. The summed E-state index contributed by atoms with van der Waals surface area (Å²) in [5, 5.41) is 0. The molecule has 0 aliphatic carbocycles. The quantitative estimate of drug-likeness (QED) is 0.167. The standard InChI is InChI=1S/C28H24NS.C12H10N.Ir/c1-18(2)14-20-12-13-29-26(16-20)21-9-11-27-25(17-21)23-7-5-4-6-22(23)24-10-8-19(3)15-28(24)30-27;1-10-7-8-12(13-9-10)11-5-3-2-4-6-11;/h4-8,10-13,15-18H,14H2,1-3H3;2-5,7-9H,1H3;/q2*-1;. The van der Waals surface area contributed by atoms with Gasteiger partial charge in [0, 0.05) is 37.4 Å². The van der Waals surface area contributed by atoms with Crippen LogP contribution in [-0.4, -0.2) is 9.97 Å². The van der Waals surface area contributed by atoms with Gasteiger partial charge in [-0.05, 0) is 77.5 Å². The van der Waals surface area contributed by atoms with Crippen LogP contribution in [0, 0.1) is 31.9 Å². The summed E-state index contributed by atoms with van der Waals surface area (Å²) in [4.78, 5) is 11.5. The van der Waals surface area contributed by atoms with E-state index < -0.39 is 0 Å². The summed E-state index contributed by atoms with van der Waals surface area (Å²) in [6, 6.07) is 42.8. The number of hydrogen-bond acceptors (Lipinski definition) is 3. The van der Waals surface area contributed by atoms with E-state index in [-0.39, 0.29) is 20.1 Å². The number of fused-ring (bicyclic) bond motifs is 5. The Morgan fingerprint density at radius 3 is 2.16 bits per heavy atom. The molecule has 2 aromatic heterocycles. The summed E-state index contributed by atoms with van der Waals surface area (Å²) < 4.78 is 0. The molecule has 1 aliphatic rings. The van der Waals surface area contributed by atoms with Crippen LogP contribution in [-0.2, 0) is 26.5 Å². The van der Waals surface area contributed by atoms with Gasteiger partial charge in [0.25, 0.3) is 0 Å². The zero-order valence-electron chi connectivity index (χ0n) is 25.4. The Bertz CT molecular complexity index is 1860. The molecular weight excluding hydrogens is 733 g/mol. The fourth-order valence-electron chi connectivity index (χ4n) is 5.33. The molecule has 0 unspecified atom stereocenters. The number of aromatic nitrogens is 2. The molecule has 7 rings (SSSR count). The van der Waals surface area contributed by atoms with Crippen LogP contribution in [0.2, 0.25) is 0 Å². The average molecular weight is 767 g/mol. The first-order valence-corrected chi connectivity index (χ1v) is 15.6. The minimum atomic E-state index is 0. The number of aryl methyl sites for hydroxylation is 2. The van der Waals surface area contributed by atoms with Crippen molar-refractivity contribution in [2.24, 2.45) is 5.92 Å². The molecule has 6 aromatic rings. The molecule has 3 heterocycles. The van der Waals surface area contributed by atoms with Crippen molar-refractivity contribution in [3.63, 3.8) is 0 Å². The Morgan fingerprint density at radius 1 is 0.659 bits per heavy atom. The van der Waals surface area contributed by atoms with Crippen LogP contribution in [0.4, 0.5) is 0 Å². The third-order valence-corrected chi connectivity index (χ3v) is 8.53. The smallest absolute Gasteiger partial charge is 0.0190 e. The van der Waals surface area contributed by atoms with Crippen LogP contribution in [0.5, 0.6) is 0 Å². The summed E-state index contributed by atoms with van der Waals surface area (Å²) in [6.45, 7) is 8.69. The van der Waals surface area contributed by atoms with Crippen LogP contribution in [0.25, 0.3) is 44.8 Å². The maximum atomic E-state index is 4.66. The van der Waals surface area contributed by atoms with Crippen molar-refractivity contribution in [2.75, 3.05) is 0 Å². The monoisotopic (exact) mass is 767 g/mol. The SMILES string of the molecule is Cc1ccc(-c2[c-]cccc2)nc1.Cc1ccc2c(c1)Sc1c[c-]c(-c3cc(CC(C)C)ccn3)cc1-c1ccccc1-2.[Ir]. The normalized spacial score (nSPS) is 11.2. The summed E-state index contributed by atoms with van der Waals surface area (Å²) in [7, 11) is 0. The Hall–Kier alpha value is -3.82. The van der Waals surface area contributed by atoms with E-state index in [0.717, 1.165) is 28.9 Å². The number of pyridine rings is 2. The van der Waals surface area contributed by atoms with Crippen LogP contribution in [0.1, 0.15) is 30.5 Å². The Labute approximate surface area is 279 Å². The zero-order valence-corrected chi connectivity index (χ0v) is 28.6. The molecule has 221 valence electrons. The van der Waals surface area contributed by atoms with Crippen LogP contribution < -0.4 is 0 Å². The molecule has 1 radical (unpaired) electrons. The first-order valence-electron chi connectivity index (χ1n) is 14.7. The molecule has 44 heavy (non-hydrogen) atoms. The maximum absolute atomic E-state index is 4.66. The van der Waals surface area contributed by atoms with Gasteiger partial charge in [0.05, 0.1) is 0 Å². The maximum Gasteiger partial charge on any atom is 0.0190 e. The molecule has 4 heteroatoms. The van der Waals surface area contributed by atoms with Gasteiger partial charge in [-0.15, -0.1) is 71.4 Å². The molecule has 0 saturated carbocycles. The third kappa shape index (κ3) is 7.27. The summed E-state index contributed by atoms with van der Waals surface area (Å²) >= 11 is 1.84. The first-order chi connectivity index (χ1) is 20.9. The Morgan fingerprint density at radius 2 is 1.43 bits per heavy atom. The summed E-state index contributed by atoms with van der Waals surface area (Å²) in [5.74, 6) is 0.626. The van der Waals surface area contributed by atoms with Crippen molar-refractivity contribution >= 4 is 11.8 Å². The zero-order chi connectivity index (χ0) is 29.8. The molecule has 0 bridgehead atoms. The molecule has 0 fully saturated rings. The molecular formula is C40H34IrN2S-2. The van der Waals surface area contributed by atoms with Gasteiger partial charge < -0.3 is 9.97 Å². The predicted molar refractivity (Wildman–Crippen MR) is 180 cm³/mol. The van der Waals surface area contributed by atoms with E-state index in [1.807, 2.05) is 61.4 Å². The Balaban J connectivity index is 0.000000230. The van der Waals surface area contributed by atoms with Gasteiger partial charge in [-0.1, -0.05) is 84.5 Å². The van der Waals surface area contributed by atoms with E-state index in [1.165, 1.54) is 48.7 Å². The molecule has 1 aliphatic heterocycles. The Kier molecular flexibility index (Phi) is 10.3. The molecule has 0 atom stereocenters. The molecule has 4 aromatic carbocycles. The third-order valence-electron chi connectivity index (χ3n) is 7.42. The molecule has 0 saturated heterocycles. The molecule has 0 amide bonds. The van der Waals surface area contributed by atoms with Gasteiger partial charge in [0.2, 0.25) is 0 Å². The average Bonchev–Trinajstić information content (AvgIpc) is 3.16. The van der Waals surface area contributed by atoms with E-state index in [9.17, 15) is 0 Å². The van der Waals surface area contributed by atoms with Crippen molar-refractivity contribution in [2.45, 2.75) is 43.9 Å². The van der Waals surface area contributed by atoms with Gasteiger partial charge in [0.1, 0.15) is 0 Å². The molecule has 0 spiro atoms. The van der Waals surface area contributed by atoms with E-state index in [1.54, 1.807) is 0 Å². The van der Waals surface area contributed by atoms with E-state index in [4.69, 9.17) is 0 Å². The van der Waals surface area contributed by atoms with E-state index in [2.05, 4.69) is 116 Å². The molecule has 2 nitrogen and oxygen atoms in total. The largest absolute Gasteiger partial charge is 0.305 e. The second kappa shape index (κ2) is 14.3. The van der Waals surface area contributed by atoms with Crippen LogP contribution >= 0.6 is 11.8 Å². The van der Waals surface area contributed by atoms with Crippen molar-refractivity contribution < 1.29 is 20.1 Å². The van der Waals surface area contributed by atoms with Gasteiger partial charge in [-0.3, -0.25) is 0 Å². The van der Waals surface area contributed by atoms with E-state index >= 15 is 0 Å². The minimum absolute atomic E-state index is 0. The van der Waals surface area contributed by atoms with Crippen molar-refractivity contribution in [1.82, 2.24) is 9.97 Å². The summed E-state index contributed by atoms with van der Waals surface area (Å²) in [6.07, 6.45) is 4.86. The van der Waals surface area contributed by atoms with Crippen LogP contribution in [0.15, 0.2) is 125 Å². The fourth-order valence-corrected chi connectivity index (χ4v) is 6.49. The summed E-state index contributed by atoms with van der Waals surface area (Å²) in [5.41, 5.74) is 13.0. The number of rotatable bonds is 4. The van der Waals surface area contributed by atoms with Crippen molar-refractivity contribution in [3.05, 3.63) is 144 Å². The van der Waals surface area contributed by atoms with Gasteiger partial charge in [-0.2, -0.15) is 0 Å². The second-order valence-corrected chi connectivity index (χ2v) is 12.5. The fraction of sp³-hybridized carbons (Fsp3) is 0.150. The predicted octanol–water partition coefficient (Wildman–Crippen LogP) is 10.7. The first kappa shape index (κ1) is 31.6. The number of nitrogens with zero attached hydrogens (tertiary/aromatic N) is 2. The van der Waals surface area contributed by atoms with Gasteiger partial charge >= 0.3 is 0 Å². The second-order valence-electron chi connectivity index (χ2n) is 11.4. The minimum Gasteiger partial charge on any atom is -0.305 e. The topological polar surface area (TPSA) is 25.8 Å².